The molecule has 1 N–H and O–H groups in total. The molecule has 2 bridgehead atoms. The van der Waals surface area contributed by atoms with Gasteiger partial charge in [0.2, 0.25) is 0 Å². The molecule has 0 spiro atoms. The monoisotopic (exact) mass is 361 g/mol. The summed E-state index contributed by atoms with van der Waals surface area (Å²) in [5, 5.41) is 11.2. The molecule has 2 heterocycles. The Morgan fingerprint density at radius 3 is 2.23 bits per heavy atom. The Labute approximate surface area is 151 Å². The van der Waals surface area contributed by atoms with Gasteiger partial charge in [-0.25, -0.2) is 0 Å². The second-order valence-electron chi connectivity index (χ2n) is 7.56. The third-order valence-electron chi connectivity index (χ3n) is 5.85. The molecule has 2 fully saturated rings. The molecule has 0 aliphatic carbocycles. The van der Waals surface area contributed by atoms with E-state index < -0.39 is 17.3 Å². The summed E-state index contributed by atoms with van der Waals surface area (Å²) in [7, 11) is 0. The summed E-state index contributed by atoms with van der Waals surface area (Å²) in [6.07, 6.45) is -1.45. The average molecular weight is 361 g/mol. The van der Waals surface area contributed by atoms with Gasteiger partial charge in [-0.1, -0.05) is 42.5 Å². The van der Waals surface area contributed by atoms with E-state index >= 15 is 0 Å². The Hall–Kier alpha value is -1.85. The molecule has 2 aliphatic heterocycles. The molecule has 2 unspecified atom stereocenters. The zero-order chi connectivity index (χ0) is 18.4. The zero-order valence-corrected chi connectivity index (χ0v) is 14.4. The van der Waals surface area contributed by atoms with Crippen LogP contribution in [0.1, 0.15) is 42.4 Å². The highest BCUT2D eigenvalue weighted by atomic mass is 19.4. The third-order valence-corrected chi connectivity index (χ3v) is 5.85. The number of halogens is 3. The quantitative estimate of drug-likeness (QED) is 0.855. The number of rotatable bonds is 3. The molecule has 2 saturated heterocycles. The second kappa shape index (κ2) is 6.39. The van der Waals surface area contributed by atoms with Crippen molar-refractivity contribution >= 4 is 0 Å². The van der Waals surface area contributed by atoms with E-state index in [4.69, 9.17) is 0 Å². The van der Waals surface area contributed by atoms with E-state index in [2.05, 4.69) is 17.0 Å². The Morgan fingerprint density at radius 1 is 0.962 bits per heavy atom. The van der Waals surface area contributed by atoms with Crippen molar-refractivity contribution in [3.8, 4) is 0 Å². The topological polar surface area (TPSA) is 23.5 Å². The summed E-state index contributed by atoms with van der Waals surface area (Å²) >= 11 is 0. The maximum atomic E-state index is 13.0. The minimum atomic E-state index is -4.39. The first kappa shape index (κ1) is 17.6. The van der Waals surface area contributed by atoms with Crippen molar-refractivity contribution in [2.24, 2.45) is 0 Å². The van der Waals surface area contributed by atoms with Crippen LogP contribution in [0.25, 0.3) is 0 Å². The SMILES string of the molecule is OC1(c2cccc(C(F)(F)F)c2)CC2CCC(C1)N2Cc1ccccc1. The molecule has 2 aromatic carbocycles. The van der Waals surface area contributed by atoms with Gasteiger partial charge in [0.05, 0.1) is 11.2 Å². The Bertz CT molecular complexity index is 760. The minimum absolute atomic E-state index is 0.202. The number of piperidine rings is 1. The molecule has 2 nitrogen and oxygen atoms in total. The first-order valence-corrected chi connectivity index (χ1v) is 9.05. The molecular formula is C21H22F3NO. The van der Waals surface area contributed by atoms with Crippen molar-refractivity contribution < 1.29 is 18.3 Å². The van der Waals surface area contributed by atoms with Gasteiger partial charge in [-0.2, -0.15) is 13.2 Å². The van der Waals surface area contributed by atoms with E-state index in [9.17, 15) is 18.3 Å². The van der Waals surface area contributed by atoms with Crippen LogP contribution in [0.5, 0.6) is 0 Å². The Kier molecular flexibility index (Phi) is 4.32. The van der Waals surface area contributed by atoms with Crippen LogP contribution >= 0.6 is 0 Å². The number of fused-ring (bicyclic) bond motifs is 2. The van der Waals surface area contributed by atoms with Crippen molar-refractivity contribution in [1.29, 1.82) is 0 Å². The van der Waals surface area contributed by atoms with Crippen LogP contribution in [0, 0.1) is 0 Å². The fraction of sp³-hybridized carbons (Fsp3) is 0.429. The molecule has 2 atom stereocenters. The van der Waals surface area contributed by atoms with Gasteiger partial charge in [-0.05, 0) is 48.9 Å². The van der Waals surface area contributed by atoms with Gasteiger partial charge in [-0.3, -0.25) is 4.90 Å². The van der Waals surface area contributed by atoms with Gasteiger partial charge in [0.15, 0.2) is 0 Å². The summed E-state index contributed by atoms with van der Waals surface area (Å²) in [5.41, 5.74) is -0.250. The molecule has 5 heteroatoms. The van der Waals surface area contributed by atoms with Crippen LogP contribution in [0.15, 0.2) is 54.6 Å². The van der Waals surface area contributed by atoms with Gasteiger partial charge in [-0.15, -0.1) is 0 Å². The highest BCUT2D eigenvalue weighted by molar-refractivity contribution is 5.31. The lowest BCUT2D eigenvalue weighted by atomic mass is 9.80. The molecule has 2 aliphatic rings. The minimum Gasteiger partial charge on any atom is -0.385 e. The van der Waals surface area contributed by atoms with Crippen LogP contribution in [0.4, 0.5) is 13.2 Å². The molecule has 0 aromatic heterocycles. The van der Waals surface area contributed by atoms with Crippen molar-refractivity contribution in [3.05, 3.63) is 71.3 Å². The lowest BCUT2D eigenvalue weighted by Crippen LogP contribution is -2.49. The highest BCUT2D eigenvalue weighted by Crippen LogP contribution is 2.47. The molecular weight excluding hydrogens is 339 g/mol. The summed E-state index contributed by atoms with van der Waals surface area (Å²) in [6, 6.07) is 15.8. The van der Waals surface area contributed by atoms with E-state index in [0.717, 1.165) is 31.5 Å². The average Bonchev–Trinajstić information content (AvgIpc) is 2.86. The smallest absolute Gasteiger partial charge is 0.385 e. The summed E-state index contributed by atoms with van der Waals surface area (Å²) < 4.78 is 39.1. The number of aliphatic hydroxyl groups is 1. The molecule has 138 valence electrons. The number of hydrogen-bond donors (Lipinski definition) is 1. The van der Waals surface area contributed by atoms with Crippen LogP contribution in [-0.2, 0) is 18.3 Å². The highest BCUT2D eigenvalue weighted by Gasteiger charge is 2.48. The number of hydrogen-bond acceptors (Lipinski definition) is 2. The third kappa shape index (κ3) is 3.26. The van der Waals surface area contributed by atoms with Crippen molar-refractivity contribution in [1.82, 2.24) is 4.90 Å². The van der Waals surface area contributed by atoms with Crippen LogP contribution in [0.2, 0.25) is 0 Å². The van der Waals surface area contributed by atoms with Crippen LogP contribution in [0.3, 0.4) is 0 Å². The van der Waals surface area contributed by atoms with E-state index in [-0.39, 0.29) is 12.1 Å². The second-order valence-corrected chi connectivity index (χ2v) is 7.56. The predicted molar refractivity (Wildman–Crippen MR) is 93.4 cm³/mol. The fourth-order valence-electron chi connectivity index (χ4n) is 4.59. The van der Waals surface area contributed by atoms with Gasteiger partial charge in [0, 0.05) is 18.6 Å². The standard InChI is InChI=1S/C21H22F3NO/c22-21(23,24)17-8-4-7-16(11-17)20(26)12-18-9-10-19(13-20)25(18)14-15-5-2-1-3-6-15/h1-8,11,18-19,26H,9-10,12-14H2. The molecule has 0 amide bonds. The maximum Gasteiger partial charge on any atom is 0.416 e. The molecule has 4 rings (SSSR count). The largest absolute Gasteiger partial charge is 0.416 e. The van der Waals surface area contributed by atoms with Gasteiger partial charge >= 0.3 is 6.18 Å². The Balaban J connectivity index is 1.56. The van der Waals surface area contributed by atoms with Crippen molar-refractivity contribution in [2.45, 2.75) is 56.1 Å². The first-order chi connectivity index (χ1) is 12.4. The van der Waals surface area contributed by atoms with Crippen LogP contribution < -0.4 is 0 Å². The summed E-state index contributed by atoms with van der Waals surface area (Å²) in [5.74, 6) is 0. The summed E-state index contributed by atoms with van der Waals surface area (Å²) in [4.78, 5) is 2.41. The molecule has 2 aromatic rings. The molecule has 0 saturated carbocycles. The zero-order valence-electron chi connectivity index (χ0n) is 14.4. The van der Waals surface area contributed by atoms with E-state index in [1.54, 1.807) is 6.07 Å². The van der Waals surface area contributed by atoms with Gasteiger partial charge in [0.1, 0.15) is 0 Å². The van der Waals surface area contributed by atoms with E-state index in [1.807, 2.05) is 18.2 Å². The van der Waals surface area contributed by atoms with Crippen LogP contribution in [-0.4, -0.2) is 22.1 Å². The van der Waals surface area contributed by atoms with Crippen molar-refractivity contribution in [3.63, 3.8) is 0 Å². The van der Waals surface area contributed by atoms with Gasteiger partial charge in [0.25, 0.3) is 0 Å². The Morgan fingerprint density at radius 2 is 1.62 bits per heavy atom. The van der Waals surface area contributed by atoms with E-state index in [1.165, 1.54) is 11.6 Å². The van der Waals surface area contributed by atoms with Crippen molar-refractivity contribution in [2.75, 3.05) is 0 Å². The number of benzene rings is 2. The maximum absolute atomic E-state index is 13.0. The number of nitrogens with zero attached hydrogens (tertiary/aromatic N) is 1. The van der Waals surface area contributed by atoms with Gasteiger partial charge < -0.3 is 5.11 Å². The molecule has 0 radical (unpaired) electrons. The predicted octanol–water partition coefficient (Wildman–Crippen LogP) is 4.72. The normalized spacial score (nSPS) is 29.1. The van der Waals surface area contributed by atoms with E-state index in [0.29, 0.717) is 18.4 Å². The first-order valence-electron chi connectivity index (χ1n) is 9.05. The number of alkyl halides is 3. The molecule has 26 heavy (non-hydrogen) atoms. The fourth-order valence-corrected chi connectivity index (χ4v) is 4.59. The summed E-state index contributed by atoms with van der Waals surface area (Å²) in [6.45, 7) is 0.828. The lowest BCUT2D eigenvalue weighted by molar-refractivity contribution is -0.137. The lowest BCUT2D eigenvalue weighted by Gasteiger charge is -2.44.